The minimum absolute atomic E-state index is 0.612. The first-order valence-corrected chi connectivity index (χ1v) is 9.40. The molecule has 4 fully saturated rings. The van der Waals surface area contributed by atoms with Crippen LogP contribution in [-0.4, -0.2) is 6.04 Å². The summed E-state index contributed by atoms with van der Waals surface area (Å²) in [5.41, 5.74) is 2.00. The lowest BCUT2D eigenvalue weighted by Gasteiger charge is -2.59. The Labute approximate surface area is 137 Å². The van der Waals surface area contributed by atoms with Crippen LogP contribution in [0.15, 0.2) is 28.7 Å². The van der Waals surface area contributed by atoms with Crippen molar-refractivity contribution < 1.29 is 0 Å². The monoisotopic (exact) mass is 347 g/mol. The van der Waals surface area contributed by atoms with Crippen molar-refractivity contribution in [3.8, 4) is 0 Å². The highest BCUT2D eigenvalue weighted by Gasteiger charge is 2.52. The summed E-state index contributed by atoms with van der Waals surface area (Å²) in [7, 11) is 0. The van der Waals surface area contributed by atoms with Gasteiger partial charge in [0.25, 0.3) is 0 Å². The molecule has 4 aliphatic carbocycles. The number of hydrogen-bond donors (Lipinski definition) is 1. The molecule has 4 aliphatic rings. The molecule has 0 spiro atoms. The molecule has 21 heavy (non-hydrogen) atoms. The summed E-state index contributed by atoms with van der Waals surface area (Å²) in [6, 6.07) is 9.36. The largest absolute Gasteiger partial charge is 0.310 e. The first-order valence-electron chi connectivity index (χ1n) is 8.61. The van der Waals surface area contributed by atoms with Gasteiger partial charge < -0.3 is 5.32 Å². The van der Waals surface area contributed by atoms with Crippen LogP contribution in [0.5, 0.6) is 0 Å². The van der Waals surface area contributed by atoms with Crippen molar-refractivity contribution in [1.82, 2.24) is 5.32 Å². The van der Waals surface area contributed by atoms with Gasteiger partial charge in [-0.3, -0.25) is 0 Å². The third kappa shape index (κ3) is 2.70. The van der Waals surface area contributed by atoms with E-state index in [-0.39, 0.29) is 0 Å². The third-order valence-electron chi connectivity index (χ3n) is 6.51. The fourth-order valence-corrected chi connectivity index (χ4v) is 6.29. The average molecular weight is 348 g/mol. The van der Waals surface area contributed by atoms with E-state index in [9.17, 15) is 0 Å². The summed E-state index contributed by atoms with van der Waals surface area (Å²) < 4.78 is 1.18. The summed E-state index contributed by atoms with van der Waals surface area (Å²) in [5.74, 6) is 3.14. The van der Waals surface area contributed by atoms with Gasteiger partial charge in [0.2, 0.25) is 0 Å². The number of halogens is 1. The molecular weight excluding hydrogens is 322 g/mol. The summed E-state index contributed by atoms with van der Waals surface area (Å²) in [6.45, 7) is 3.45. The van der Waals surface area contributed by atoms with E-state index in [0.29, 0.717) is 11.5 Å². The van der Waals surface area contributed by atoms with Crippen LogP contribution in [-0.2, 0) is 6.54 Å². The van der Waals surface area contributed by atoms with Crippen LogP contribution < -0.4 is 5.32 Å². The molecule has 0 heterocycles. The van der Waals surface area contributed by atoms with Crippen molar-refractivity contribution in [1.29, 1.82) is 0 Å². The molecular formula is C19H26BrN. The number of benzene rings is 1. The lowest BCUT2D eigenvalue weighted by molar-refractivity contribution is -0.0706. The van der Waals surface area contributed by atoms with Crippen LogP contribution in [0.25, 0.3) is 0 Å². The Hall–Kier alpha value is -0.340. The Morgan fingerprint density at radius 3 is 2.33 bits per heavy atom. The highest BCUT2D eigenvalue weighted by atomic mass is 79.9. The van der Waals surface area contributed by atoms with Crippen LogP contribution in [0.1, 0.15) is 51.0 Å². The van der Waals surface area contributed by atoms with Crippen LogP contribution in [0.3, 0.4) is 0 Å². The van der Waals surface area contributed by atoms with Crippen LogP contribution in [0.2, 0.25) is 0 Å². The molecule has 5 rings (SSSR count). The van der Waals surface area contributed by atoms with Crippen molar-refractivity contribution in [3.63, 3.8) is 0 Å². The van der Waals surface area contributed by atoms with Crippen molar-refractivity contribution in [2.75, 3.05) is 0 Å². The second-order valence-electron chi connectivity index (χ2n) is 8.01. The van der Waals surface area contributed by atoms with Gasteiger partial charge in [-0.25, -0.2) is 0 Å². The zero-order valence-electron chi connectivity index (χ0n) is 12.9. The second kappa shape index (κ2) is 5.38. The number of nitrogens with one attached hydrogen (secondary N) is 1. The van der Waals surface area contributed by atoms with E-state index in [4.69, 9.17) is 0 Å². The van der Waals surface area contributed by atoms with Crippen molar-refractivity contribution in [2.24, 2.45) is 23.2 Å². The Balaban J connectivity index is 1.44. The molecule has 0 saturated heterocycles. The van der Waals surface area contributed by atoms with Gasteiger partial charge >= 0.3 is 0 Å². The maximum absolute atomic E-state index is 3.86. The van der Waals surface area contributed by atoms with E-state index in [0.717, 1.165) is 24.3 Å². The van der Waals surface area contributed by atoms with Crippen molar-refractivity contribution in [3.05, 3.63) is 34.3 Å². The van der Waals surface area contributed by atoms with E-state index in [1.54, 1.807) is 0 Å². The molecule has 4 bridgehead atoms. The quantitative estimate of drug-likeness (QED) is 0.794. The van der Waals surface area contributed by atoms with Crippen molar-refractivity contribution >= 4 is 15.9 Å². The molecule has 1 N–H and O–H groups in total. The predicted molar refractivity (Wildman–Crippen MR) is 91.0 cm³/mol. The standard InChI is InChI=1S/C19H26BrN/c1-13(21-12-14-3-2-4-18(20)8-14)19-9-15-5-16(10-19)7-17(6-15)11-19/h2-4,8,13,15-17,21H,5-7,9-12H2,1H3/t13-,15?,16?,17?,19?/m1/s1. The molecule has 1 aromatic rings. The molecule has 0 amide bonds. The fraction of sp³-hybridized carbons (Fsp3) is 0.684. The molecule has 4 saturated carbocycles. The van der Waals surface area contributed by atoms with Crippen LogP contribution in [0, 0.1) is 23.2 Å². The van der Waals surface area contributed by atoms with Gasteiger partial charge in [-0.2, -0.15) is 0 Å². The zero-order chi connectivity index (χ0) is 14.4. The van der Waals surface area contributed by atoms with Crippen molar-refractivity contribution in [2.45, 2.75) is 58.0 Å². The lowest BCUT2D eigenvalue weighted by atomic mass is 9.48. The first-order chi connectivity index (χ1) is 10.1. The minimum Gasteiger partial charge on any atom is -0.310 e. The fourth-order valence-electron chi connectivity index (χ4n) is 5.84. The normalized spacial score (nSPS) is 38.7. The molecule has 0 unspecified atom stereocenters. The van der Waals surface area contributed by atoms with E-state index >= 15 is 0 Å². The van der Waals surface area contributed by atoms with Gasteiger partial charge in [-0.1, -0.05) is 28.1 Å². The smallest absolute Gasteiger partial charge is 0.0208 e. The molecule has 1 aromatic carbocycles. The van der Waals surface area contributed by atoms with Gasteiger partial charge in [0.1, 0.15) is 0 Å². The van der Waals surface area contributed by atoms with Gasteiger partial charge in [0.05, 0.1) is 0 Å². The third-order valence-corrected chi connectivity index (χ3v) is 7.00. The maximum Gasteiger partial charge on any atom is 0.0208 e. The summed E-state index contributed by atoms with van der Waals surface area (Å²) in [5, 5.41) is 3.86. The predicted octanol–water partition coefficient (Wildman–Crippen LogP) is 5.14. The molecule has 1 atom stereocenters. The molecule has 0 aromatic heterocycles. The molecule has 2 heteroatoms. The maximum atomic E-state index is 3.86. The zero-order valence-corrected chi connectivity index (χ0v) is 14.5. The summed E-state index contributed by atoms with van der Waals surface area (Å²) >= 11 is 3.57. The first kappa shape index (κ1) is 14.3. The van der Waals surface area contributed by atoms with E-state index in [2.05, 4.69) is 52.4 Å². The Kier molecular flexibility index (Phi) is 3.66. The average Bonchev–Trinajstić information content (AvgIpc) is 2.43. The van der Waals surface area contributed by atoms with Crippen LogP contribution in [0.4, 0.5) is 0 Å². The van der Waals surface area contributed by atoms with Gasteiger partial charge in [-0.05, 0) is 86.3 Å². The van der Waals surface area contributed by atoms with E-state index in [1.807, 2.05) is 0 Å². The Morgan fingerprint density at radius 2 is 1.76 bits per heavy atom. The van der Waals surface area contributed by atoms with Gasteiger partial charge in [-0.15, -0.1) is 0 Å². The Morgan fingerprint density at radius 1 is 1.14 bits per heavy atom. The second-order valence-corrected chi connectivity index (χ2v) is 8.93. The highest BCUT2D eigenvalue weighted by molar-refractivity contribution is 9.10. The topological polar surface area (TPSA) is 12.0 Å². The number of rotatable bonds is 4. The molecule has 0 radical (unpaired) electrons. The van der Waals surface area contributed by atoms with Crippen LogP contribution >= 0.6 is 15.9 Å². The number of hydrogen-bond acceptors (Lipinski definition) is 1. The van der Waals surface area contributed by atoms with Gasteiger partial charge in [0.15, 0.2) is 0 Å². The highest BCUT2D eigenvalue weighted by Crippen LogP contribution is 2.61. The van der Waals surface area contributed by atoms with E-state index in [1.165, 1.54) is 48.6 Å². The molecule has 114 valence electrons. The molecule has 0 aliphatic heterocycles. The minimum atomic E-state index is 0.612. The SMILES string of the molecule is C[C@@H](NCc1cccc(Br)c1)C12CC3CC(CC(C3)C1)C2. The Bertz CT molecular complexity index is 489. The van der Waals surface area contributed by atoms with Gasteiger partial charge in [0, 0.05) is 17.1 Å². The summed E-state index contributed by atoms with van der Waals surface area (Å²) in [4.78, 5) is 0. The summed E-state index contributed by atoms with van der Waals surface area (Å²) in [6.07, 6.45) is 9.09. The lowest BCUT2D eigenvalue weighted by Crippen LogP contribution is -2.54. The van der Waals surface area contributed by atoms with E-state index < -0.39 is 0 Å². The molecule has 1 nitrogen and oxygen atoms in total.